The molecular formula is C19H13N3O4S. The number of methoxy groups -OCH3 is 1. The highest BCUT2D eigenvalue weighted by molar-refractivity contribution is 7.11. The van der Waals surface area contributed by atoms with Gasteiger partial charge in [0.1, 0.15) is 16.8 Å². The second-order valence-corrected chi connectivity index (χ2v) is 6.30. The average molecular weight is 379 g/mol. The first kappa shape index (κ1) is 18.1. The van der Waals surface area contributed by atoms with Crippen molar-refractivity contribution in [1.29, 1.82) is 5.26 Å². The lowest BCUT2D eigenvalue weighted by atomic mass is 10.1. The molecule has 0 radical (unpaired) electrons. The van der Waals surface area contributed by atoms with Gasteiger partial charge in [-0.15, -0.1) is 11.3 Å². The van der Waals surface area contributed by atoms with E-state index in [1.54, 1.807) is 7.11 Å². The number of nitro groups is 1. The second kappa shape index (κ2) is 7.68. The second-order valence-electron chi connectivity index (χ2n) is 5.44. The Morgan fingerprint density at radius 1 is 1.37 bits per heavy atom. The number of rotatable bonds is 5. The third kappa shape index (κ3) is 3.94. The van der Waals surface area contributed by atoms with Crippen LogP contribution in [-0.4, -0.2) is 22.1 Å². The number of hydrogen-bond acceptors (Lipinski definition) is 7. The molecule has 0 atom stereocenters. The zero-order valence-corrected chi connectivity index (χ0v) is 14.9. The fourth-order valence-electron chi connectivity index (χ4n) is 2.40. The minimum absolute atomic E-state index is 0.272. The molecular weight excluding hydrogens is 366 g/mol. The van der Waals surface area contributed by atoms with Gasteiger partial charge >= 0.3 is 5.69 Å². The van der Waals surface area contributed by atoms with Crippen LogP contribution < -0.4 is 4.74 Å². The number of allylic oxidation sites excluding steroid dienone is 1. The molecule has 2 aromatic carbocycles. The Morgan fingerprint density at radius 2 is 2.19 bits per heavy atom. The van der Waals surface area contributed by atoms with Crippen molar-refractivity contribution >= 4 is 28.7 Å². The average Bonchev–Trinajstić information content (AvgIpc) is 3.17. The summed E-state index contributed by atoms with van der Waals surface area (Å²) in [5.74, 6) is 0.278. The van der Waals surface area contributed by atoms with Gasteiger partial charge in [-0.05, 0) is 29.8 Å². The summed E-state index contributed by atoms with van der Waals surface area (Å²) in [6, 6.07) is 13.4. The van der Waals surface area contributed by atoms with E-state index >= 15 is 0 Å². The molecule has 0 aliphatic rings. The molecule has 3 rings (SSSR count). The molecule has 0 saturated heterocycles. The third-order valence-electron chi connectivity index (χ3n) is 3.73. The van der Waals surface area contributed by atoms with Crippen LogP contribution in [0.15, 0.2) is 47.8 Å². The first-order chi connectivity index (χ1) is 13.0. The van der Waals surface area contributed by atoms with Crippen molar-refractivity contribution in [2.45, 2.75) is 0 Å². The molecule has 0 spiro atoms. The molecule has 0 amide bonds. The van der Waals surface area contributed by atoms with Crippen LogP contribution in [0.3, 0.4) is 0 Å². The van der Waals surface area contributed by atoms with Crippen molar-refractivity contribution < 1.29 is 14.8 Å². The Labute approximate surface area is 158 Å². The topological polar surface area (TPSA) is 109 Å². The lowest BCUT2D eigenvalue weighted by Gasteiger charge is -2.01. The highest BCUT2D eigenvalue weighted by Crippen LogP contribution is 2.31. The summed E-state index contributed by atoms with van der Waals surface area (Å²) >= 11 is 1.30. The number of nitro benzene ring substituents is 1. The maximum absolute atomic E-state index is 11.0. The van der Waals surface area contributed by atoms with Gasteiger partial charge in [0.2, 0.25) is 0 Å². The van der Waals surface area contributed by atoms with Gasteiger partial charge in [-0.2, -0.15) is 5.26 Å². The number of aromatic nitrogens is 1. The first-order valence-electron chi connectivity index (χ1n) is 7.71. The number of nitrogens with zero attached hydrogens (tertiary/aromatic N) is 3. The van der Waals surface area contributed by atoms with Crippen molar-refractivity contribution in [3.05, 3.63) is 68.5 Å². The van der Waals surface area contributed by atoms with Crippen LogP contribution in [0, 0.1) is 21.4 Å². The van der Waals surface area contributed by atoms with Crippen molar-refractivity contribution in [1.82, 2.24) is 4.98 Å². The molecule has 0 aliphatic heterocycles. The summed E-state index contributed by atoms with van der Waals surface area (Å²) in [4.78, 5) is 14.8. The van der Waals surface area contributed by atoms with Gasteiger partial charge in [0.25, 0.3) is 0 Å². The number of benzene rings is 2. The van der Waals surface area contributed by atoms with Gasteiger partial charge in [0.15, 0.2) is 5.75 Å². The fraction of sp³-hybridized carbons (Fsp3) is 0.0526. The number of ether oxygens (including phenoxy) is 1. The van der Waals surface area contributed by atoms with E-state index in [9.17, 15) is 20.5 Å². The highest BCUT2D eigenvalue weighted by atomic mass is 32.1. The molecule has 0 bridgehead atoms. The van der Waals surface area contributed by atoms with E-state index in [2.05, 4.69) is 11.1 Å². The van der Waals surface area contributed by atoms with Crippen LogP contribution in [0.2, 0.25) is 0 Å². The Balaban J connectivity index is 1.96. The highest BCUT2D eigenvalue weighted by Gasteiger charge is 2.14. The lowest BCUT2D eigenvalue weighted by molar-refractivity contribution is -0.385. The van der Waals surface area contributed by atoms with Crippen LogP contribution >= 0.6 is 11.3 Å². The van der Waals surface area contributed by atoms with Gasteiger partial charge < -0.3 is 9.84 Å². The first-order valence-corrected chi connectivity index (χ1v) is 8.59. The quantitative estimate of drug-likeness (QED) is 0.397. The SMILES string of the molecule is COc1cccc(-c2csc(/C(C#N)=C/c3ccc(O)c([N+](=O)[O-])c3)n2)c1. The molecule has 134 valence electrons. The minimum Gasteiger partial charge on any atom is -0.502 e. The van der Waals surface area contributed by atoms with Crippen molar-refractivity contribution in [3.8, 4) is 28.8 Å². The standard InChI is InChI=1S/C19H13N3O4S/c1-26-15-4-2-3-13(9-15)16-11-27-19(21-16)14(10-20)7-12-5-6-18(23)17(8-12)22(24)25/h2-9,11,23H,1H3/b14-7+. The molecule has 3 aromatic rings. The zero-order valence-electron chi connectivity index (χ0n) is 14.1. The van der Waals surface area contributed by atoms with Crippen LogP contribution in [0.4, 0.5) is 5.69 Å². The van der Waals surface area contributed by atoms with Crippen LogP contribution in [0.25, 0.3) is 22.9 Å². The molecule has 0 fully saturated rings. The van der Waals surface area contributed by atoms with Crippen LogP contribution in [0.5, 0.6) is 11.5 Å². The summed E-state index contributed by atoms with van der Waals surface area (Å²) in [6.07, 6.45) is 1.50. The summed E-state index contributed by atoms with van der Waals surface area (Å²) in [5.41, 5.74) is 1.83. The summed E-state index contributed by atoms with van der Waals surface area (Å²) in [6.45, 7) is 0. The van der Waals surface area contributed by atoms with E-state index in [1.165, 1.54) is 35.6 Å². The largest absolute Gasteiger partial charge is 0.502 e. The normalized spacial score (nSPS) is 11.0. The van der Waals surface area contributed by atoms with E-state index in [-0.39, 0.29) is 5.57 Å². The van der Waals surface area contributed by atoms with Crippen LogP contribution in [0.1, 0.15) is 10.6 Å². The smallest absolute Gasteiger partial charge is 0.311 e. The van der Waals surface area contributed by atoms with Gasteiger partial charge in [0.05, 0.1) is 23.3 Å². The number of aromatic hydroxyl groups is 1. The van der Waals surface area contributed by atoms with Gasteiger partial charge in [0, 0.05) is 17.0 Å². The Morgan fingerprint density at radius 3 is 2.89 bits per heavy atom. The predicted molar refractivity (Wildman–Crippen MR) is 102 cm³/mol. The molecule has 1 heterocycles. The molecule has 0 unspecified atom stereocenters. The molecule has 8 heteroatoms. The monoisotopic (exact) mass is 379 g/mol. The van der Waals surface area contributed by atoms with Crippen molar-refractivity contribution in [2.24, 2.45) is 0 Å². The number of phenols is 1. The maximum atomic E-state index is 11.0. The summed E-state index contributed by atoms with van der Waals surface area (Å²) in [5, 5.41) is 32.3. The molecule has 7 nitrogen and oxygen atoms in total. The Kier molecular flexibility index (Phi) is 5.15. The van der Waals surface area contributed by atoms with E-state index in [1.807, 2.05) is 29.6 Å². The van der Waals surface area contributed by atoms with Crippen molar-refractivity contribution in [3.63, 3.8) is 0 Å². The molecule has 0 saturated carbocycles. The summed E-state index contributed by atoms with van der Waals surface area (Å²) in [7, 11) is 1.58. The van der Waals surface area contributed by atoms with Crippen LogP contribution in [-0.2, 0) is 0 Å². The zero-order chi connectivity index (χ0) is 19.4. The molecule has 1 aromatic heterocycles. The lowest BCUT2D eigenvalue weighted by Crippen LogP contribution is -1.89. The fourth-order valence-corrected chi connectivity index (χ4v) is 3.19. The number of thiazole rings is 1. The van der Waals surface area contributed by atoms with E-state index in [0.717, 1.165) is 5.56 Å². The maximum Gasteiger partial charge on any atom is 0.311 e. The number of nitriles is 1. The summed E-state index contributed by atoms with van der Waals surface area (Å²) < 4.78 is 5.21. The Bertz CT molecular complexity index is 1080. The minimum atomic E-state index is -0.678. The van der Waals surface area contributed by atoms with Gasteiger partial charge in [-0.25, -0.2) is 4.98 Å². The van der Waals surface area contributed by atoms with E-state index < -0.39 is 16.4 Å². The van der Waals surface area contributed by atoms with E-state index in [0.29, 0.717) is 22.0 Å². The van der Waals surface area contributed by atoms with Gasteiger partial charge in [-0.1, -0.05) is 18.2 Å². The third-order valence-corrected chi connectivity index (χ3v) is 4.60. The van der Waals surface area contributed by atoms with Gasteiger partial charge in [-0.3, -0.25) is 10.1 Å². The molecule has 0 aliphatic carbocycles. The molecule has 27 heavy (non-hydrogen) atoms. The van der Waals surface area contributed by atoms with E-state index in [4.69, 9.17) is 4.74 Å². The number of phenolic OH excluding ortho intramolecular Hbond substituents is 1. The Hall–Kier alpha value is -3.70. The molecule has 1 N–H and O–H groups in total. The number of hydrogen-bond donors (Lipinski definition) is 1. The predicted octanol–water partition coefficient (Wildman–Crippen LogP) is 4.50. The van der Waals surface area contributed by atoms with Crippen molar-refractivity contribution in [2.75, 3.05) is 7.11 Å².